The second kappa shape index (κ2) is 5.25. The van der Waals surface area contributed by atoms with Crippen molar-refractivity contribution < 1.29 is 9.53 Å². The van der Waals surface area contributed by atoms with Gasteiger partial charge >= 0.3 is 6.09 Å². The Balaban J connectivity index is 2.22. The fourth-order valence-corrected chi connectivity index (χ4v) is 1.89. The highest BCUT2D eigenvalue weighted by Crippen LogP contribution is 2.21. The molecule has 0 bridgehead atoms. The predicted octanol–water partition coefficient (Wildman–Crippen LogP) is 2.29. The summed E-state index contributed by atoms with van der Waals surface area (Å²) in [5, 5.41) is 6.32. The van der Waals surface area contributed by atoms with Gasteiger partial charge in [0.1, 0.15) is 5.60 Å². The molecular formula is C13H26N2O2. The van der Waals surface area contributed by atoms with Crippen molar-refractivity contribution in [1.29, 1.82) is 0 Å². The van der Waals surface area contributed by atoms with E-state index in [4.69, 9.17) is 4.74 Å². The molecule has 1 fully saturated rings. The SMILES string of the molecule is CC1(C)CCC(CNC(=O)OC(C)(C)C)CN1. The van der Waals surface area contributed by atoms with Gasteiger partial charge in [0.2, 0.25) is 0 Å². The highest BCUT2D eigenvalue weighted by molar-refractivity contribution is 5.67. The average molecular weight is 242 g/mol. The highest BCUT2D eigenvalue weighted by Gasteiger charge is 2.26. The molecular weight excluding hydrogens is 216 g/mol. The van der Waals surface area contributed by atoms with E-state index in [-0.39, 0.29) is 11.6 Å². The lowest BCUT2D eigenvalue weighted by Gasteiger charge is -2.35. The number of ether oxygens (including phenoxy) is 1. The van der Waals surface area contributed by atoms with E-state index in [2.05, 4.69) is 24.5 Å². The Morgan fingerprint density at radius 2 is 2.12 bits per heavy atom. The molecule has 1 aliphatic heterocycles. The summed E-state index contributed by atoms with van der Waals surface area (Å²) in [5.74, 6) is 0.510. The van der Waals surface area contributed by atoms with Crippen LogP contribution in [0.15, 0.2) is 0 Å². The average Bonchev–Trinajstić information content (AvgIpc) is 2.13. The summed E-state index contributed by atoms with van der Waals surface area (Å²) in [5.41, 5.74) is -0.181. The third kappa shape index (κ3) is 5.91. The maximum absolute atomic E-state index is 11.5. The lowest BCUT2D eigenvalue weighted by molar-refractivity contribution is 0.0514. The van der Waals surface area contributed by atoms with Crippen LogP contribution in [0.3, 0.4) is 0 Å². The molecule has 4 heteroatoms. The molecule has 0 aromatic rings. The summed E-state index contributed by atoms with van der Waals surface area (Å²) in [6.45, 7) is 11.7. The van der Waals surface area contributed by atoms with Gasteiger partial charge in [0.05, 0.1) is 0 Å². The van der Waals surface area contributed by atoms with E-state index in [1.165, 1.54) is 0 Å². The van der Waals surface area contributed by atoms with Gasteiger partial charge < -0.3 is 15.4 Å². The van der Waals surface area contributed by atoms with E-state index in [0.717, 1.165) is 19.4 Å². The number of nitrogens with one attached hydrogen (secondary N) is 2. The van der Waals surface area contributed by atoms with Crippen molar-refractivity contribution in [3.63, 3.8) is 0 Å². The minimum atomic E-state index is -0.420. The van der Waals surface area contributed by atoms with Crippen LogP contribution < -0.4 is 10.6 Å². The van der Waals surface area contributed by atoms with Gasteiger partial charge in [0.25, 0.3) is 0 Å². The summed E-state index contributed by atoms with van der Waals surface area (Å²) in [6.07, 6.45) is 1.98. The highest BCUT2D eigenvalue weighted by atomic mass is 16.6. The Bertz CT molecular complexity index is 259. The van der Waals surface area contributed by atoms with E-state index < -0.39 is 5.60 Å². The number of hydrogen-bond acceptors (Lipinski definition) is 3. The largest absolute Gasteiger partial charge is 0.444 e. The minimum absolute atomic E-state index is 0.239. The normalized spacial score (nSPS) is 24.2. The van der Waals surface area contributed by atoms with Gasteiger partial charge in [-0.1, -0.05) is 0 Å². The van der Waals surface area contributed by atoms with Crippen molar-refractivity contribution in [2.75, 3.05) is 13.1 Å². The van der Waals surface area contributed by atoms with Crippen LogP contribution in [0.1, 0.15) is 47.5 Å². The Hall–Kier alpha value is -0.770. The van der Waals surface area contributed by atoms with Crippen molar-refractivity contribution in [2.24, 2.45) is 5.92 Å². The van der Waals surface area contributed by atoms with Crippen molar-refractivity contribution >= 4 is 6.09 Å². The zero-order valence-electron chi connectivity index (χ0n) is 11.7. The number of hydrogen-bond donors (Lipinski definition) is 2. The molecule has 0 saturated carbocycles. The van der Waals surface area contributed by atoms with E-state index in [1.54, 1.807) is 0 Å². The number of alkyl carbamates (subject to hydrolysis) is 1. The topological polar surface area (TPSA) is 50.4 Å². The summed E-state index contributed by atoms with van der Waals surface area (Å²) in [4.78, 5) is 11.5. The number of amides is 1. The van der Waals surface area contributed by atoms with Gasteiger partial charge in [-0.3, -0.25) is 0 Å². The third-order valence-electron chi connectivity index (χ3n) is 2.98. The van der Waals surface area contributed by atoms with E-state index in [0.29, 0.717) is 12.5 Å². The van der Waals surface area contributed by atoms with Crippen LogP contribution in [0, 0.1) is 5.92 Å². The zero-order chi connectivity index (χ0) is 13.1. The van der Waals surface area contributed by atoms with Crippen LogP contribution >= 0.6 is 0 Å². The molecule has 0 spiro atoms. The fourth-order valence-electron chi connectivity index (χ4n) is 1.89. The molecule has 2 N–H and O–H groups in total. The van der Waals surface area contributed by atoms with Crippen molar-refractivity contribution in [3.8, 4) is 0 Å². The molecule has 0 radical (unpaired) electrons. The van der Waals surface area contributed by atoms with Crippen LogP contribution in [0.2, 0.25) is 0 Å². The van der Waals surface area contributed by atoms with Crippen LogP contribution in [0.4, 0.5) is 4.79 Å². The summed E-state index contributed by atoms with van der Waals surface area (Å²) < 4.78 is 5.20. The van der Waals surface area contributed by atoms with E-state index in [1.807, 2.05) is 20.8 Å². The number of rotatable bonds is 2. The van der Waals surface area contributed by atoms with Gasteiger partial charge in [-0.15, -0.1) is 0 Å². The van der Waals surface area contributed by atoms with Gasteiger partial charge in [-0.25, -0.2) is 4.79 Å². The molecule has 0 aliphatic carbocycles. The number of carbonyl (C=O) groups excluding carboxylic acids is 1. The van der Waals surface area contributed by atoms with Crippen molar-refractivity contribution in [1.82, 2.24) is 10.6 Å². The van der Waals surface area contributed by atoms with Gasteiger partial charge in [-0.05, 0) is 53.4 Å². The molecule has 1 saturated heterocycles. The van der Waals surface area contributed by atoms with Crippen LogP contribution in [0.5, 0.6) is 0 Å². The van der Waals surface area contributed by atoms with Crippen LogP contribution in [0.25, 0.3) is 0 Å². The Labute approximate surface area is 104 Å². The first-order valence-electron chi connectivity index (χ1n) is 6.40. The first-order valence-corrected chi connectivity index (χ1v) is 6.40. The molecule has 1 unspecified atom stereocenters. The second-order valence-corrected chi connectivity index (χ2v) is 6.55. The second-order valence-electron chi connectivity index (χ2n) is 6.55. The Morgan fingerprint density at radius 3 is 2.59 bits per heavy atom. The van der Waals surface area contributed by atoms with Gasteiger partial charge in [0, 0.05) is 18.6 Å². The summed E-state index contributed by atoms with van der Waals surface area (Å²) in [7, 11) is 0. The van der Waals surface area contributed by atoms with E-state index >= 15 is 0 Å². The first-order chi connectivity index (χ1) is 7.68. The van der Waals surface area contributed by atoms with Gasteiger partial charge in [-0.2, -0.15) is 0 Å². The maximum atomic E-state index is 11.5. The number of piperidine rings is 1. The Morgan fingerprint density at radius 1 is 1.47 bits per heavy atom. The van der Waals surface area contributed by atoms with Crippen molar-refractivity contribution in [2.45, 2.75) is 58.6 Å². The molecule has 0 aromatic carbocycles. The predicted molar refractivity (Wildman–Crippen MR) is 69.0 cm³/mol. The number of carbonyl (C=O) groups is 1. The molecule has 1 aliphatic rings. The molecule has 1 heterocycles. The third-order valence-corrected chi connectivity index (χ3v) is 2.98. The van der Waals surface area contributed by atoms with Crippen LogP contribution in [-0.2, 0) is 4.74 Å². The molecule has 0 aromatic heterocycles. The quantitative estimate of drug-likeness (QED) is 0.781. The monoisotopic (exact) mass is 242 g/mol. The molecule has 17 heavy (non-hydrogen) atoms. The first kappa shape index (κ1) is 14.3. The lowest BCUT2D eigenvalue weighted by atomic mass is 9.87. The molecule has 1 atom stereocenters. The zero-order valence-corrected chi connectivity index (χ0v) is 11.7. The van der Waals surface area contributed by atoms with Crippen molar-refractivity contribution in [3.05, 3.63) is 0 Å². The van der Waals surface area contributed by atoms with Crippen LogP contribution in [-0.4, -0.2) is 30.3 Å². The molecule has 1 amide bonds. The van der Waals surface area contributed by atoms with E-state index in [9.17, 15) is 4.79 Å². The Kier molecular flexibility index (Phi) is 4.42. The fraction of sp³-hybridized carbons (Fsp3) is 0.923. The summed E-state index contributed by atoms with van der Waals surface area (Å²) in [6, 6.07) is 0. The smallest absolute Gasteiger partial charge is 0.407 e. The lowest BCUT2D eigenvalue weighted by Crippen LogP contribution is -2.49. The summed E-state index contributed by atoms with van der Waals surface area (Å²) >= 11 is 0. The van der Waals surface area contributed by atoms with Gasteiger partial charge in [0.15, 0.2) is 0 Å². The molecule has 100 valence electrons. The molecule has 1 rings (SSSR count). The maximum Gasteiger partial charge on any atom is 0.407 e. The standard InChI is InChI=1S/C13H26N2O2/c1-12(2,3)17-11(16)14-8-10-6-7-13(4,5)15-9-10/h10,15H,6-9H2,1-5H3,(H,14,16). The molecule has 4 nitrogen and oxygen atoms in total. The minimum Gasteiger partial charge on any atom is -0.444 e.